The van der Waals surface area contributed by atoms with Gasteiger partial charge in [0.25, 0.3) is 0 Å². The van der Waals surface area contributed by atoms with Crippen molar-refractivity contribution in [1.82, 2.24) is 15.2 Å². The average molecular weight is 296 g/mol. The molecule has 4 heteroatoms. The Labute approximate surface area is 111 Å². The van der Waals surface area contributed by atoms with Crippen molar-refractivity contribution in [2.24, 2.45) is 5.92 Å². The molecule has 0 spiro atoms. The van der Waals surface area contributed by atoms with Gasteiger partial charge in [-0.1, -0.05) is 0 Å². The average Bonchev–Trinajstić information content (AvgIpc) is 2.39. The fourth-order valence-electron chi connectivity index (χ4n) is 2.94. The molecule has 0 aliphatic carbocycles. The van der Waals surface area contributed by atoms with Crippen molar-refractivity contribution in [1.29, 1.82) is 0 Å². The Balaban J connectivity index is 1.56. The van der Waals surface area contributed by atoms with E-state index in [4.69, 9.17) is 0 Å². The van der Waals surface area contributed by atoms with Gasteiger partial charge in [-0.3, -0.25) is 4.98 Å². The second-order valence-electron chi connectivity index (χ2n) is 5.09. The van der Waals surface area contributed by atoms with Gasteiger partial charge in [-0.2, -0.15) is 0 Å². The van der Waals surface area contributed by atoms with E-state index in [9.17, 15) is 0 Å². The second kappa shape index (κ2) is 5.04. The SMILES string of the molecule is Brc1ccc(CNC2CN3CCC2CC3)nc1. The van der Waals surface area contributed by atoms with Crippen LogP contribution in [0.5, 0.6) is 0 Å². The summed E-state index contributed by atoms with van der Waals surface area (Å²) in [6.07, 6.45) is 4.60. The molecular weight excluding hydrogens is 278 g/mol. The molecule has 1 unspecified atom stereocenters. The molecule has 3 aliphatic heterocycles. The number of aromatic nitrogens is 1. The van der Waals surface area contributed by atoms with Crippen LogP contribution in [-0.2, 0) is 6.54 Å². The molecule has 3 nitrogen and oxygen atoms in total. The van der Waals surface area contributed by atoms with Crippen molar-refractivity contribution in [3.63, 3.8) is 0 Å². The predicted octanol–water partition coefficient (Wildman–Crippen LogP) is 2.03. The third-order valence-corrected chi connectivity index (χ3v) is 4.46. The molecule has 0 amide bonds. The molecule has 2 bridgehead atoms. The normalized spacial score (nSPS) is 31.7. The zero-order valence-corrected chi connectivity index (χ0v) is 11.5. The van der Waals surface area contributed by atoms with Crippen molar-refractivity contribution < 1.29 is 0 Å². The first-order valence-electron chi connectivity index (χ1n) is 6.37. The van der Waals surface area contributed by atoms with Crippen molar-refractivity contribution in [2.75, 3.05) is 19.6 Å². The van der Waals surface area contributed by atoms with Crippen LogP contribution in [0.1, 0.15) is 18.5 Å². The first-order chi connectivity index (χ1) is 8.31. The van der Waals surface area contributed by atoms with Gasteiger partial charge >= 0.3 is 0 Å². The van der Waals surface area contributed by atoms with E-state index in [1.165, 1.54) is 32.5 Å². The summed E-state index contributed by atoms with van der Waals surface area (Å²) in [6, 6.07) is 4.81. The van der Waals surface area contributed by atoms with Gasteiger partial charge in [-0.15, -0.1) is 0 Å². The molecule has 4 heterocycles. The largest absolute Gasteiger partial charge is 0.307 e. The predicted molar refractivity (Wildman–Crippen MR) is 71.7 cm³/mol. The molecule has 1 aromatic heterocycles. The van der Waals surface area contributed by atoms with Crippen molar-refractivity contribution >= 4 is 15.9 Å². The second-order valence-corrected chi connectivity index (χ2v) is 6.01. The van der Waals surface area contributed by atoms with Gasteiger partial charge in [0.1, 0.15) is 0 Å². The minimum atomic E-state index is 0.669. The Morgan fingerprint density at radius 2 is 2.18 bits per heavy atom. The van der Waals surface area contributed by atoms with E-state index in [-0.39, 0.29) is 0 Å². The van der Waals surface area contributed by atoms with Gasteiger partial charge in [0.05, 0.1) is 5.69 Å². The van der Waals surface area contributed by atoms with Crippen LogP contribution >= 0.6 is 15.9 Å². The maximum atomic E-state index is 4.40. The van der Waals surface area contributed by atoms with Crippen LogP contribution < -0.4 is 5.32 Å². The molecule has 0 radical (unpaired) electrons. The Hall–Kier alpha value is -0.450. The lowest BCUT2D eigenvalue weighted by Crippen LogP contribution is -2.55. The maximum absolute atomic E-state index is 4.40. The Bertz CT molecular complexity index is 371. The van der Waals surface area contributed by atoms with Crippen LogP contribution in [0.4, 0.5) is 0 Å². The molecule has 1 N–H and O–H groups in total. The molecule has 1 aromatic rings. The lowest BCUT2D eigenvalue weighted by Gasteiger charge is -2.45. The zero-order valence-electron chi connectivity index (χ0n) is 9.90. The summed E-state index contributed by atoms with van der Waals surface area (Å²) in [7, 11) is 0. The van der Waals surface area contributed by atoms with Crippen molar-refractivity contribution in [2.45, 2.75) is 25.4 Å². The number of piperidine rings is 3. The molecule has 17 heavy (non-hydrogen) atoms. The van der Waals surface area contributed by atoms with Crippen LogP contribution in [-0.4, -0.2) is 35.6 Å². The third kappa shape index (κ3) is 2.69. The number of halogens is 1. The molecule has 3 fully saturated rings. The molecule has 4 rings (SSSR count). The Morgan fingerprint density at radius 1 is 1.35 bits per heavy atom. The van der Waals surface area contributed by atoms with Crippen LogP contribution in [0.25, 0.3) is 0 Å². The zero-order chi connectivity index (χ0) is 11.7. The number of nitrogens with one attached hydrogen (secondary N) is 1. The monoisotopic (exact) mass is 295 g/mol. The highest BCUT2D eigenvalue weighted by atomic mass is 79.9. The van der Waals surface area contributed by atoms with Crippen LogP contribution in [0, 0.1) is 5.92 Å². The van der Waals surface area contributed by atoms with E-state index >= 15 is 0 Å². The molecular formula is C13H18BrN3. The van der Waals surface area contributed by atoms with Crippen LogP contribution in [0.15, 0.2) is 22.8 Å². The van der Waals surface area contributed by atoms with Gasteiger partial charge in [-0.25, -0.2) is 0 Å². The quantitative estimate of drug-likeness (QED) is 0.925. The van der Waals surface area contributed by atoms with Gasteiger partial charge in [-0.05, 0) is 59.9 Å². The van der Waals surface area contributed by atoms with Gasteiger partial charge in [0.2, 0.25) is 0 Å². The lowest BCUT2D eigenvalue weighted by molar-refractivity contribution is 0.0718. The standard InChI is InChI=1S/C13H18BrN3/c14-11-1-2-12(15-7-11)8-16-13-9-17-5-3-10(13)4-6-17/h1-2,7,10,13,16H,3-6,8-9H2. The summed E-state index contributed by atoms with van der Waals surface area (Å²) in [5.41, 5.74) is 1.13. The summed E-state index contributed by atoms with van der Waals surface area (Å²) in [5.74, 6) is 0.885. The number of nitrogens with zero attached hydrogens (tertiary/aromatic N) is 2. The highest BCUT2D eigenvalue weighted by Gasteiger charge is 2.33. The Kier molecular flexibility index (Phi) is 3.45. The molecule has 3 saturated heterocycles. The first-order valence-corrected chi connectivity index (χ1v) is 7.17. The number of rotatable bonds is 3. The van der Waals surface area contributed by atoms with Crippen molar-refractivity contribution in [3.05, 3.63) is 28.5 Å². The van der Waals surface area contributed by atoms with E-state index in [1.807, 2.05) is 6.20 Å². The first kappa shape index (κ1) is 11.6. The Morgan fingerprint density at radius 3 is 2.76 bits per heavy atom. The summed E-state index contributed by atoms with van der Waals surface area (Å²) >= 11 is 3.41. The van der Waals surface area contributed by atoms with Gasteiger partial charge < -0.3 is 10.2 Å². The fourth-order valence-corrected chi connectivity index (χ4v) is 3.18. The van der Waals surface area contributed by atoms with E-state index in [1.54, 1.807) is 0 Å². The van der Waals surface area contributed by atoms with E-state index < -0.39 is 0 Å². The minimum Gasteiger partial charge on any atom is -0.307 e. The van der Waals surface area contributed by atoms with Crippen LogP contribution in [0.3, 0.4) is 0 Å². The third-order valence-electron chi connectivity index (χ3n) is 3.99. The lowest BCUT2D eigenvalue weighted by atomic mass is 9.84. The number of pyridine rings is 1. The molecule has 0 aromatic carbocycles. The number of hydrogen-bond acceptors (Lipinski definition) is 3. The highest BCUT2D eigenvalue weighted by Crippen LogP contribution is 2.27. The van der Waals surface area contributed by atoms with Gasteiger partial charge in [0, 0.05) is 29.8 Å². The molecule has 1 atom stereocenters. The number of fused-ring (bicyclic) bond motifs is 3. The van der Waals surface area contributed by atoms with Crippen molar-refractivity contribution in [3.8, 4) is 0 Å². The number of hydrogen-bond donors (Lipinski definition) is 1. The molecule has 0 saturated carbocycles. The van der Waals surface area contributed by atoms with Crippen LogP contribution in [0.2, 0.25) is 0 Å². The summed E-state index contributed by atoms with van der Waals surface area (Å²) in [4.78, 5) is 6.98. The topological polar surface area (TPSA) is 28.2 Å². The summed E-state index contributed by atoms with van der Waals surface area (Å²) < 4.78 is 1.05. The fraction of sp³-hybridized carbons (Fsp3) is 0.615. The van der Waals surface area contributed by atoms with E-state index in [2.05, 4.69) is 43.3 Å². The minimum absolute atomic E-state index is 0.669. The van der Waals surface area contributed by atoms with E-state index in [0.29, 0.717) is 6.04 Å². The maximum Gasteiger partial charge on any atom is 0.0542 e. The smallest absolute Gasteiger partial charge is 0.0542 e. The summed E-state index contributed by atoms with van der Waals surface area (Å²) in [6.45, 7) is 4.72. The van der Waals surface area contributed by atoms with Gasteiger partial charge in [0.15, 0.2) is 0 Å². The highest BCUT2D eigenvalue weighted by molar-refractivity contribution is 9.10. The summed E-state index contributed by atoms with van der Waals surface area (Å²) in [5, 5.41) is 3.67. The molecule has 92 valence electrons. The van der Waals surface area contributed by atoms with E-state index in [0.717, 1.165) is 22.6 Å². The molecule has 3 aliphatic rings.